The number of carbonyl (C=O) groups excluding carboxylic acids is 4. The first kappa shape index (κ1) is 20.6. The smallest absolute Gasteiger partial charge is 0.338 e. The molecule has 0 atom stereocenters. The summed E-state index contributed by atoms with van der Waals surface area (Å²) in [5, 5.41) is 2.45. The van der Waals surface area contributed by atoms with Crippen LogP contribution in [0.3, 0.4) is 0 Å². The predicted molar refractivity (Wildman–Crippen MR) is 101 cm³/mol. The van der Waals surface area contributed by atoms with E-state index in [0.29, 0.717) is 11.5 Å². The number of hydrogen-bond acceptors (Lipinski definition) is 9. The largest absolute Gasteiger partial charge is 0.465 e. The van der Waals surface area contributed by atoms with Gasteiger partial charge in [0.25, 0.3) is 5.91 Å². The molecular formula is C20H17NO9. The quantitative estimate of drug-likeness (QED) is 0.555. The number of hydrogen-bond donors (Lipinski definition) is 1. The zero-order chi connectivity index (χ0) is 21.7. The molecule has 0 aliphatic carbocycles. The van der Waals surface area contributed by atoms with Gasteiger partial charge in [-0.1, -0.05) is 0 Å². The summed E-state index contributed by atoms with van der Waals surface area (Å²) in [4.78, 5) is 47.9. The van der Waals surface area contributed by atoms with E-state index in [4.69, 9.17) is 14.2 Å². The van der Waals surface area contributed by atoms with Gasteiger partial charge in [0.2, 0.25) is 6.79 Å². The second-order valence-electron chi connectivity index (χ2n) is 5.97. The zero-order valence-corrected chi connectivity index (χ0v) is 16.1. The standard InChI is InChI=1S/C20H17NO9/c1-26-18(23)12-5-13(19(24)27-2)7-14(6-12)21-17(22)9-28-20(25)11-3-4-15-16(8-11)30-10-29-15/h3-8H,9-10H2,1-2H3,(H,21,22). The lowest BCUT2D eigenvalue weighted by atomic mass is 10.1. The number of ether oxygens (including phenoxy) is 5. The SMILES string of the molecule is COC(=O)c1cc(NC(=O)COC(=O)c2ccc3c(c2)OCO3)cc(C(=O)OC)c1. The van der Waals surface area contributed by atoms with Crippen LogP contribution in [0.5, 0.6) is 11.5 Å². The van der Waals surface area contributed by atoms with Crippen LogP contribution in [0.15, 0.2) is 36.4 Å². The Kier molecular flexibility index (Phi) is 6.16. The third kappa shape index (κ3) is 4.66. The predicted octanol–water partition coefficient (Wildman–Crippen LogP) is 1.78. The van der Waals surface area contributed by atoms with Crippen molar-refractivity contribution in [2.75, 3.05) is 32.9 Å². The summed E-state index contributed by atoms with van der Waals surface area (Å²) in [6, 6.07) is 8.39. The number of rotatable bonds is 6. The Morgan fingerprint density at radius 1 is 0.833 bits per heavy atom. The van der Waals surface area contributed by atoms with Crippen molar-refractivity contribution in [1.29, 1.82) is 0 Å². The van der Waals surface area contributed by atoms with Gasteiger partial charge in [-0.3, -0.25) is 4.79 Å². The summed E-state index contributed by atoms with van der Waals surface area (Å²) in [5.74, 6) is -1.90. The van der Waals surface area contributed by atoms with E-state index in [1.54, 1.807) is 6.07 Å². The number of carbonyl (C=O) groups is 4. The van der Waals surface area contributed by atoms with E-state index in [1.807, 2.05) is 0 Å². The van der Waals surface area contributed by atoms with Gasteiger partial charge in [0.05, 0.1) is 30.9 Å². The fourth-order valence-corrected chi connectivity index (χ4v) is 2.61. The van der Waals surface area contributed by atoms with Crippen LogP contribution in [0.2, 0.25) is 0 Å². The summed E-state index contributed by atoms with van der Waals surface area (Å²) in [6.07, 6.45) is 0. The van der Waals surface area contributed by atoms with Crippen LogP contribution in [0.4, 0.5) is 5.69 Å². The molecule has 0 saturated heterocycles. The first-order valence-corrected chi connectivity index (χ1v) is 8.59. The van der Waals surface area contributed by atoms with Crippen molar-refractivity contribution in [2.45, 2.75) is 0 Å². The molecule has 2 aromatic carbocycles. The lowest BCUT2D eigenvalue weighted by Crippen LogP contribution is -2.21. The normalized spacial score (nSPS) is 11.4. The van der Waals surface area contributed by atoms with E-state index < -0.39 is 30.4 Å². The number of nitrogens with one attached hydrogen (secondary N) is 1. The zero-order valence-electron chi connectivity index (χ0n) is 16.1. The second-order valence-corrected chi connectivity index (χ2v) is 5.97. The van der Waals surface area contributed by atoms with E-state index >= 15 is 0 Å². The maximum atomic E-state index is 12.2. The molecule has 3 rings (SSSR count). The van der Waals surface area contributed by atoms with Crippen LogP contribution in [-0.4, -0.2) is 51.4 Å². The molecule has 0 spiro atoms. The number of fused-ring (bicyclic) bond motifs is 1. The van der Waals surface area contributed by atoms with E-state index in [2.05, 4.69) is 14.8 Å². The molecular weight excluding hydrogens is 398 g/mol. The van der Waals surface area contributed by atoms with E-state index in [-0.39, 0.29) is 29.2 Å². The molecule has 1 aliphatic heterocycles. The third-order valence-electron chi connectivity index (χ3n) is 4.00. The Morgan fingerprint density at radius 2 is 1.47 bits per heavy atom. The van der Waals surface area contributed by atoms with Gasteiger partial charge in [0.1, 0.15) is 0 Å². The Balaban J connectivity index is 1.66. The minimum atomic E-state index is -0.734. The van der Waals surface area contributed by atoms with E-state index in [9.17, 15) is 19.2 Å². The molecule has 1 amide bonds. The molecule has 0 radical (unpaired) electrons. The van der Waals surface area contributed by atoms with E-state index in [0.717, 1.165) is 0 Å². The lowest BCUT2D eigenvalue weighted by Gasteiger charge is -2.10. The molecule has 1 aliphatic rings. The molecule has 1 heterocycles. The molecule has 0 saturated carbocycles. The second kappa shape index (κ2) is 8.95. The summed E-state index contributed by atoms with van der Waals surface area (Å²) in [5.41, 5.74) is 0.385. The van der Waals surface area contributed by atoms with Crippen LogP contribution in [0.1, 0.15) is 31.1 Å². The number of amides is 1. The van der Waals surface area contributed by atoms with Gasteiger partial charge in [0.15, 0.2) is 18.1 Å². The van der Waals surface area contributed by atoms with Gasteiger partial charge in [-0.25, -0.2) is 14.4 Å². The number of anilines is 1. The average molecular weight is 415 g/mol. The minimum Gasteiger partial charge on any atom is -0.465 e. The van der Waals surface area contributed by atoms with Crippen LogP contribution >= 0.6 is 0 Å². The number of esters is 3. The van der Waals surface area contributed by atoms with Crippen LogP contribution in [0, 0.1) is 0 Å². The van der Waals surface area contributed by atoms with Crippen LogP contribution in [-0.2, 0) is 19.0 Å². The first-order valence-electron chi connectivity index (χ1n) is 8.59. The molecule has 0 bridgehead atoms. The molecule has 1 N–H and O–H groups in total. The van der Waals surface area contributed by atoms with Gasteiger partial charge in [0, 0.05) is 5.69 Å². The highest BCUT2D eigenvalue weighted by Gasteiger charge is 2.19. The van der Waals surface area contributed by atoms with Crippen molar-refractivity contribution >= 4 is 29.5 Å². The van der Waals surface area contributed by atoms with Gasteiger partial charge in [-0.15, -0.1) is 0 Å². The Hall–Kier alpha value is -4.08. The number of benzene rings is 2. The van der Waals surface area contributed by atoms with Crippen molar-refractivity contribution in [3.63, 3.8) is 0 Å². The topological polar surface area (TPSA) is 126 Å². The monoisotopic (exact) mass is 415 g/mol. The van der Waals surface area contributed by atoms with Gasteiger partial charge < -0.3 is 29.0 Å². The number of methoxy groups -OCH3 is 2. The van der Waals surface area contributed by atoms with Crippen LogP contribution in [0.25, 0.3) is 0 Å². The molecule has 0 unspecified atom stereocenters. The molecule has 30 heavy (non-hydrogen) atoms. The molecule has 2 aromatic rings. The molecule has 10 heteroatoms. The van der Waals surface area contributed by atoms with Crippen molar-refractivity contribution in [1.82, 2.24) is 0 Å². The van der Waals surface area contributed by atoms with Gasteiger partial charge >= 0.3 is 17.9 Å². The first-order chi connectivity index (χ1) is 14.4. The summed E-state index contributed by atoms with van der Waals surface area (Å²) >= 11 is 0. The average Bonchev–Trinajstić information content (AvgIpc) is 3.23. The molecule has 10 nitrogen and oxygen atoms in total. The van der Waals surface area contributed by atoms with Crippen molar-refractivity contribution in [3.05, 3.63) is 53.1 Å². The van der Waals surface area contributed by atoms with Gasteiger partial charge in [-0.05, 0) is 36.4 Å². The highest BCUT2D eigenvalue weighted by atomic mass is 16.7. The van der Waals surface area contributed by atoms with Crippen molar-refractivity contribution in [2.24, 2.45) is 0 Å². The summed E-state index contributed by atoms with van der Waals surface area (Å²) in [7, 11) is 2.36. The summed E-state index contributed by atoms with van der Waals surface area (Å²) < 4.78 is 24.6. The van der Waals surface area contributed by atoms with Gasteiger partial charge in [-0.2, -0.15) is 0 Å². The van der Waals surface area contributed by atoms with Crippen molar-refractivity contribution < 1.29 is 42.9 Å². The highest BCUT2D eigenvalue weighted by Crippen LogP contribution is 2.32. The van der Waals surface area contributed by atoms with E-state index in [1.165, 1.54) is 44.6 Å². The Bertz CT molecular complexity index is 981. The maximum absolute atomic E-state index is 12.2. The summed E-state index contributed by atoms with van der Waals surface area (Å²) in [6.45, 7) is -0.530. The third-order valence-corrected chi connectivity index (χ3v) is 4.00. The Morgan fingerprint density at radius 3 is 2.10 bits per heavy atom. The molecule has 0 fully saturated rings. The fraction of sp³-hybridized carbons (Fsp3) is 0.200. The fourth-order valence-electron chi connectivity index (χ4n) is 2.61. The minimum absolute atomic E-state index is 0.0352. The maximum Gasteiger partial charge on any atom is 0.338 e. The Labute approximate surface area is 170 Å². The highest BCUT2D eigenvalue weighted by molar-refractivity contribution is 6.00. The van der Waals surface area contributed by atoms with Crippen LogP contribution < -0.4 is 14.8 Å². The molecule has 0 aromatic heterocycles. The molecule has 156 valence electrons. The lowest BCUT2D eigenvalue weighted by molar-refractivity contribution is -0.119. The van der Waals surface area contributed by atoms with Crippen molar-refractivity contribution in [3.8, 4) is 11.5 Å².